The van der Waals surface area contributed by atoms with Crippen molar-refractivity contribution in [3.8, 4) is 6.07 Å². The molecular formula is C15H18N2O2. The Hall–Kier alpha value is -1.86. The third-order valence-corrected chi connectivity index (χ3v) is 3.63. The minimum atomic E-state index is -0.0505. The predicted octanol–water partition coefficient (Wildman–Crippen LogP) is 1.94. The lowest BCUT2D eigenvalue weighted by atomic mass is 10.1. The molecule has 0 spiro atoms. The Labute approximate surface area is 113 Å². The molecule has 0 bridgehead atoms. The fourth-order valence-electron chi connectivity index (χ4n) is 2.63. The van der Waals surface area contributed by atoms with Crippen LogP contribution in [-0.4, -0.2) is 35.1 Å². The van der Waals surface area contributed by atoms with E-state index in [1.807, 2.05) is 6.07 Å². The molecule has 1 fully saturated rings. The monoisotopic (exact) mass is 258 g/mol. The molecule has 0 saturated heterocycles. The molecule has 4 heteroatoms. The van der Waals surface area contributed by atoms with Crippen LogP contribution in [-0.2, 0) is 0 Å². The van der Waals surface area contributed by atoms with E-state index in [9.17, 15) is 4.79 Å². The number of hydrogen-bond acceptors (Lipinski definition) is 3. The van der Waals surface area contributed by atoms with Gasteiger partial charge >= 0.3 is 0 Å². The summed E-state index contributed by atoms with van der Waals surface area (Å²) in [5.41, 5.74) is 1.13. The molecule has 2 rings (SSSR count). The molecule has 1 saturated carbocycles. The van der Waals surface area contributed by atoms with Gasteiger partial charge in [0, 0.05) is 18.2 Å². The van der Waals surface area contributed by atoms with Gasteiger partial charge in [-0.25, -0.2) is 0 Å². The van der Waals surface area contributed by atoms with Gasteiger partial charge in [-0.3, -0.25) is 4.79 Å². The normalized spacial score (nSPS) is 15.2. The number of amides is 1. The number of rotatable bonds is 4. The lowest BCUT2D eigenvalue weighted by Crippen LogP contribution is -2.40. The van der Waals surface area contributed by atoms with E-state index < -0.39 is 0 Å². The molecule has 1 aromatic carbocycles. The number of aliphatic hydroxyl groups is 1. The van der Waals surface area contributed by atoms with Crippen LogP contribution in [0.15, 0.2) is 24.3 Å². The summed E-state index contributed by atoms with van der Waals surface area (Å²) in [7, 11) is 0. The summed E-state index contributed by atoms with van der Waals surface area (Å²) in [4.78, 5) is 14.2. The standard InChI is InChI=1S/C15H18N2O2/c16-11-12-5-7-13(8-6-12)15(19)17(9-10-18)14-3-1-2-4-14/h5-8,14,18H,1-4,9-10H2. The van der Waals surface area contributed by atoms with Crippen LogP contribution in [0.4, 0.5) is 0 Å². The summed E-state index contributed by atoms with van der Waals surface area (Å²) in [5, 5.41) is 17.9. The molecule has 1 aliphatic rings. The number of nitrogens with zero attached hydrogens (tertiary/aromatic N) is 2. The third kappa shape index (κ3) is 3.12. The number of carbonyl (C=O) groups is 1. The first-order valence-electron chi connectivity index (χ1n) is 6.68. The molecule has 0 unspecified atom stereocenters. The Balaban J connectivity index is 2.15. The van der Waals surface area contributed by atoms with Gasteiger partial charge in [0.25, 0.3) is 5.91 Å². The van der Waals surface area contributed by atoms with Crippen molar-refractivity contribution in [2.45, 2.75) is 31.7 Å². The predicted molar refractivity (Wildman–Crippen MR) is 71.5 cm³/mol. The zero-order chi connectivity index (χ0) is 13.7. The van der Waals surface area contributed by atoms with Crippen LogP contribution in [0.3, 0.4) is 0 Å². The van der Waals surface area contributed by atoms with Gasteiger partial charge in [-0.05, 0) is 37.1 Å². The highest BCUT2D eigenvalue weighted by Gasteiger charge is 2.26. The zero-order valence-electron chi connectivity index (χ0n) is 10.9. The average molecular weight is 258 g/mol. The van der Waals surface area contributed by atoms with Crippen molar-refractivity contribution in [2.75, 3.05) is 13.2 Å². The quantitative estimate of drug-likeness (QED) is 0.897. The molecule has 1 amide bonds. The van der Waals surface area contributed by atoms with Crippen molar-refractivity contribution in [1.29, 1.82) is 5.26 Å². The van der Waals surface area contributed by atoms with Gasteiger partial charge in [0.15, 0.2) is 0 Å². The lowest BCUT2D eigenvalue weighted by molar-refractivity contribution is 0.0638. The van der Waals surface area contributed by atoms with Gasteiger partial charge < -0.3 is 10.0 Å². The molecule has 1 N–H and O–H groups in total. The van der Waals surface area contributed by atoms with Crippen LogP contribution in [0.5, 0.6) is 0 Å². The van der Waals surface area contributed by atoms with E-state index in [1.165, 1.54) is 0 Å². The number of carbonyl (C=O) groups excluding carboxylic acids is 1. The van der Waals surface area contributed by atoms with Gasteiger partial charge in [-0.1, -0.05) is 12.8 Å². The molecule has 19 heavy (non-hydrogen) atoms. The second-order valence-electron chi connectivity index (χ2n) is 4.85. The van der Waals surface area contributed by atoms with Gasteiger partial charge in [0.1, 0.15) is 0 Å². The number of hydrogen-bond donors (Lipinski definition) is 1. The van der Waals surface area contributed by atoms with E-state index >= 15 is 0 Å². The van der Waals surface area contributed by atoms with Crippen molar-refractivity contribution in [1.82, 2.24) is 4.90 Å². The first kappa shape index (κ1) is 13.6. The minimum Gasteiger partial charge on any atom is -0.395 e. The first-order chi connectivity index (χ1) is 9.26. The Morgan fingerprint density at radius 2 is 1.95 bits per heavy atom. The van der Waals surface area contributed by atoms with Crippen molar-refractivity contribution >= 4 is 5.91 Å². The van der Waals surface area contributed by atoms with Crippen molar-refractivity contribution in [3.05, 3.63) is 35.4 Å². The molecule has 0 heterocycles. The first-order valence-corrected chi connectivity index (χ1v) is 6.68. The number of aliphatic hydroxyl groups excluding tert-OH is 1. The van der Waals surface area contributed by atoms with E-state index in [-0.39, 0.29) is 18.6 Å². The Morgan fingerprint density at radius 3 is 2.47 bits per heavy atom. The topological polar surface area (TPSA) is 64.3 Å². The zero-order valence-corrected chi connectivity index (χ0v) is 10.9. The second-order valence-corrected chi connectivity index (χ2v) is 4.85. The fourth-order valence-corrected chi connectivity index (χ4v) is 2.63. The number of nitriles is 1. The van der Waals surface area contributed by atoms with Crippen molar-refractivity contribution in [2.24, 2.45) is 0 Å². The molecule has 100 valence electrons. The SMILES string of the molecule is N#Cc1ccc(C(=O)N(CCO)C2CCCC2)cc1. The largest absolute Gasteiger partial charge is 0.395 e. The third-order valence-electron chi connectivity index (χ3n) is 3.63. The van der Waals surface area contributed by atoms with E-state index in [4.69, 9.17) is 10.4 Å². The highest BCUT2D eigenvalue weighted by Crippen LogP contribution is 2.24. The summed E-state index contributed by atoms with van der Waals surface area (Å²) in [6.45, 7) is 0.363. The summed E-state index contributed by atoms with van der Waals surface area (Å²) in [6.07, 6.45) is 4.32. The van der Waals surface area contributed by atoms with Crippen LogP contribution in [0.2, 0.25) is 0 Å². The fraction of sp³-hybridized carbons (Fsp3) is 0.467. The smallest absolute Gasteiger partial charge is 0.254 e. The second kappa shape index (κ2) is 6.35. The Kier molecular flexibility index (Phi) is 4.53. The summed E-state index contributed by atoms with van der Waals surface area (Å²) >= 11 is 0. The van der Waals surface area contributed by atoms with Crippen LogP contribution in [0.25, 0.3) is 0 Å². The maximum Gasteiger partial charge on any atom is 0.254 e. The van der Waals surface area contributed by atoms with Gasteiger partial charge in [0.05, 0.1) is 18.2 Å². The van der Waals surface area contributed by atoms with Crippen molar-refractivity contribution < 1.29 is 9.90 Å². The molecule has 1 aliphatic carbocycles. The molecule has 0 aromatic heterocycles. The van der Waals surface area contributed by atoms with E-state index in [0.29, 0.717) is 17.7 Å². The molecule has 4 nitrogen and oxygen atoms in total. The molecule has 0 radical (unpaired) electrons. The molecule has 0 aliphatic heterocycles. The van der Waals surface area contributed by atoms with Crippen molar-refractivity contribution in [3.63, 3.8) is 0 Å². The highest BCUT2D eigenvalue weighted by molar-refractivity contribution is 5.94. The minimum absolute atomic E-state index is 0.0154. The Bertz CT molecular complexity index is 470. The van der Waals surface area contributed by atoms with Gasteiger partial charge in [-0.2, -0.15) is 5.26 Å². The van der Waals surface area contributed by atoms with Crippen LogP contribution >= 0.6 is 0 Å². The molecule has 0 atom stereocenters. The summed E-state index contributed by atoms with van der Waals surface area (Å²) in [6, 6.07) is 8.95. The van der Waals surface area contributed by atoms with Crippen LogP contribution in [0.1, 0.15) is 41.6 Å². The highest BCUT2D eigenvalue weighted by atomic mass is 16.3. The number of benzene rings is 1. The van der Waals surface area contributed by atoms with Gasteiger partial charge in [-0.15, -0.1) is 0 Å². The Morgan fingerprint density at radius 1 is 1.32 bits per heavy atom. The van der Waals surface area contributed by atoms with Gasteiger partial charge in [0.2, 0.25) is 0 Å². The van der Waals surface area contributed by atoms with Crippen LogP contribution < -0.4 is 0 Å². The molecular weight excluding hydrogens is 240 g/mol. The van der Waals surface area contributed by atoms with Crippen LogP contribution in [0, 0.1) is 11.3 Å². The summed E-state index contributed by atoms with van der Waals surface area (Å²) in [5.74, 6) is -0.0505. The summed E-state index contributed by atoms with van der Waals surface area (Å²) < 4.78 is 0. The van der Waals surface area contributed by atoms with E-state index in [1.54, 1.807) is 29.2 Å². The average Bonchev–Trinajstić information content (AvgIpc) is 2.98. The van der Waals surface area contributed by atoms with E-state index in [0.717, 1.165) is 25.7 Å². The van der Waals surface area contributed by atoms with E-state index in [2.05, 4.69) is 0 Å². The maximum absolute atomic E-state index is 12.5. The molecule has 1 aromatic rings. The maximum atomic E-state index is 12.5. The lowest BCUT2D eigenvalue weighted by Gasteiger charge is -2.28.